The van der Waals surface area contributed by atoms with Crippen LogP contribution in [0.3, 0.4) is 0 Å². The van der Waals surface area contributed by atoms with Gasteiger partial charge < -0.3 is 15.5 Å². The molecule has 32 heavy (non-hydrogen) atoms. The van der Waals surface area contributed by atoms with Crippen LogP contribution in [0.4, 0.5) is 0 Å². The molecule has 0 saturated carbocycles. The zero-order valence-electron chi connectivity index (χ0n) is 17.8. The number of thiazole rings is 1. The highest BCUT2D eigenvalue weighted by Crippen LogP contribution is 2.31. The van der Waals surface area contributed by atoms with E-state index in [2.05, 4.69) is 16.8 Å². The van der Waals surface area contributed by atoms with E-state index < -0.39 is 0 Å². The van der Waals surface area contributed by atoms with Gasteiger partial charge in [0.1, 0.15) is 5.69 Å². The van der Waals surface area contributed by atoms with E-state index in [-0.39, 0.29) is 29.6 Å². The minimum Gasteiger partial charge on any atom is -0.369 e. The largest absolute Gasteiger partial charge is 0.369 e. The Morgan fingerprint density at radius 3 is 2.50 bits per heavy atom. The Hall–Kier alpha value is -3.18. The lowest BCUT2D eigenvalue weighted by Crippen LogP contribution is -2.44. The predicted molar refractivity (Wildman–Crippen MR) is 122 cm³/mol. The SMILES string of the molecule is NC(=O)C1CCCN(C(=O)c2csc(C3CCN(C(=O)C#Cc4ccccc4)CC3)n2)C1. The average Bonchev–Trinajstić information content (AvgIpc) is 3.33. The number of nitrogens with two attached hydrogens (primary N) is 1. The van der Waals surface area contributed by atoms with E-state index in [0.29, 0.717) is 31.9 Å². The van der Waals surface area contributed by atoms with E-state index in [1.54, 1.807) is 15.2 Å². The zero-order valence-corrected chi connectivity index (χ0v) is 18.6. The van der Waals surface area contributed by atoms with Crippen LogP contribution in [-0.4, -0.2) is 58.7 Å². The van der Waals surface area contributed by atoms with Gasteiger partial charge in [-0.05, 0) is 37.8 Å². The molecule has 2 aliphatic rings. The molecule has 0 spiro atoms. The summed E-state index contributed by atoms with van der Waals surface area (Å²) in [6, 6.07) is 9.47. The average molecular weight is 451 g/mol. The Bertz CT molecular complexity index is 1050. The van der Waals surface area contributed by atoms with E-state index in [1.807, 2.05) is 30.3 Å². The Labute approximate surface area is 191 Å². The lowest BCUT2D eigenvalue weighted by Gasteiger charge is -2.31. The van der Waals surface area contributed by atoms with Gasteiger partial charge in [-0.25, -0.2) is 4.98 Å². The lowest BCUT2D eigenvalue weighted by atomic mass is 9.97. The van der Waals surface area contributed by atoms with Crippen molar-refractivity contribution < 1.29 is 14.4 Å². The third-order valence-electron chi connectivity index (χ3n) is 6.07. The summed E-state index contributed by atoms with van der Waals surface area (Å²) in [7, 11) is 0. The number of likely N-dealkylation sites (tertiary alicyclic amines) is 2. The first kappa shape index (κ1) is 22.0. The number of rotatable bonds is 3. The molecule has 3 heterocycles. The first-order valence-corrected chi connectivity index (χ1v) is 11.8. The molecule has 1 aromatic carbocycles. The second kappa shape index (κ2) is 9.96. The van der Waals surface area contributed by atoms with Crippen molar-refractivity contribution >= 4 is 29.1 Å². The number of amides is 3. The molecule has 166 valence electrons. The number of hydrogen-bond acceptors (Lipinski definition) is 5. The summed E-state index contributed by atoms with van der Waals surface area (Å²) in [5.74, 6) is 4.96. The Kier molecular flexibility index (Phi) is 6.86. The molecular weight excluding hydrogens is 424 g/mol. The Morgan fingerprint density at radius 1 is 1.03 bits per heavy atom. The van der Waals surface area contributed by atoms with Gasteiger partial charge in [0.2, 0.25) is 5.91 Å². The van der Waals surface area contributed by atoms with Crippen molar-refractivity contribution in [2.45, 2.75) is 31.6 Å². The van der Waals surface area contributed by atoms with Crippen molar-refractivity contribution in [1.29, 1.82) is 0 Å². The van der Waals surface area contributed by atoms with Gasteiger partial charge in [-0.1, -0.05) is 24.1 Å². The molecule has 4 rings (SSSR count). The maximum absolute atomic E-state index is 12.8. The third kappa shape index (κ3) is 5.17. The van der Waals surface area contributed by atoms with Crippen molar-refractivity contribution in [2.24, 2.45) is 11.7 Å². The second-order valence-electron chi connectivity index (χ2n) is 8.25. The smallest absolute Gasteiger partial charge is 0.298 e. The van der Waals surface area contributed by atoms with Crippen LogP contribution in [0.15, 0.2) is 35.7 Å². The van der Waals surface area contributed by atoms with E-state index in [1.165, 1.54) is 11.3 Å². The Balaban J connectivity index is 1.32. The molecule has 1 unspecified atom stereocenters. The zero-order chi connectivity index (χ0) is 22.5. The molecule has 2 aromatic rings. The molecule has 2 N–H and O–H groups in total. The predicted octanol–water partition coefficient (Wildman–Crippen LogP) is 2.24. The first-order chi connectivity index (χ1) is 15.5. The van der Waals surface area contributed by atoms with Crippen LogP contribution in [0.2, 0.25) is 0 Å². The first-order valence-electron chi connectivity index (χ1n) is 10.9. The van der Waals surface area contributed by atoms with Crippen molar-refractivity contribution in [1.82, 2.24) is 14.8 Å². The molecular formula is C24H26N4O3S. The van der Waals surface area contributed by atoms with Crippen LogP contribution in [0, 0.1) is 17.8 Å². The number of nitrogens with zero attached hydrogens (tertiary/aromatic N) is 3. The molecule has 7 nitrogen and oxygen atoms in total. The van der Waals surface area contributed by atoms with Gasteiger partial charge >= 0.3 is 0 Å². The fourth-order valence-electron chi connectivity index (χ4n) is 4.18. The maximum atomic E-state index is 12.8. The number of piperidine rings is 2. The fourth-order valence-corrected chi connectivity index (χ4v) is 5.15. The summed E-state index contributed by atoms with van der Waals surface area (Å²) < 4.78 is 0. The molecule has 1 aromatic heterocycles. The molecule has 8 heteroatoms. The molecule has 0 aliphatic carbocycles. The topological polar surface area (TPSA) is 96.6 Å². The Morgan fingerprint density at radius 2 is 1.78 bits per heavy atom. The molecule has 1 atom stereocenters. The number of benzene rings is 1. The highest BCUT2D eigenvalue weighted by Gasteiger charge is 2.30. The number of aromatic nitrogens is 1. The number of carbonyl (C=O) groups is 3. The molecule has 0 radical (unpaired) electrons. The quantitative estimate of drug-likeness (QED) is 0.726. The standard InChI is InChI=1S/C24H26N4O3S/c25-22(30)19-7-4-12-28(15-19)24(31)20-16-32-23(26-20)18-10-13-27(14-11-18)21(29)9-8-17-5-2-1-3-6-17/h1-3,5-6,16,18-19H,4,7,10-15H2,(H2,25,30). The van der Waals surface area contributed by atoms with Crippen LogP contribution < -0.4 is 5.73 Å². The lowest BCUT2D eigenvalue weighted by molar-refractivity contribution is -0.126. The van der Waals surface area contributed by atoms with Crippen molar-refractivity contribution in [3.8, 4) is 11.8 Å². The van der Waals surface area contributed by atoms with Crippen molar-refractivity contribution in [2.75, 3.05) is 26.2 Å². The summed E-state index contributed by atoms with van der Waals surface area (Å²) in [4.78, 5) is 44.8. The molecule has 3 amide bonds. The van der Waals surface area contributed by atoms with Gasteiger partial charge in [-0.15, -0.1) is 11.3 Å². The number of carbonyl (C=O) groups excluding carboxylic acids is 3. The van der Waals surface area contributed by atoms with Gasteiger partial charge in [-0.3, -0.25) is 14.4 Å². The van der Waals surface area contributed by atoms with Crippen molar-refractivity contribution in [3.63, 3.8) is 0 Å². The number of primary amides is 1. The van der Waals surface area contributed by atoms with E-state index in [9.17, 15) is 14.4 Å². The number of hydrogen-bond donors (Lipinski definition) is 1. The van der Waals surface area contributed by atoms with Gasteiger partial charge in [0.15, 0.2) is 0 Å². The normalized spacial score (nSPS) is 19.2. The van der Waals surface area contributed by atoms with E-state index in [4.69, 9.17) is 5.73 Å². The minimum atomic E-state index is -0.351. The monoisotopic (exact) mass is 450 g/mol. The fraction of sp³-hybridized carbons (Fsp3) is 0.417. The van der Waals surface area contributed by atoms with Crippen molar-refractivity contribution in [3.05, 3.63) is 52.0 Å². The highest BCUT2D eigenvalue weighted by atomic mass is 32.1. The van der Waals surface area contributed by atoms with E-state index >= 15 is 0 Å². The maximum Gasteiger partial charge on any atom is 0.298 e. The van der Waals surface area contributed by atoms with Crippen LogP contribution >= 0.6 is 11.3 Å². The van der Waals surface area contributed by atoms with Gasteiger partial charge in [0.25, 0.3) is 11.8 Å². The van der Waals surface area contributed by atoms with Crippen LogP contribution in [0.1, 0.15) is 52.7 Å². The second-order valence-corrected chi connectivity index (χ2v) is 9.14. The van der Waals surface area contributed by atoms with Gasteiger partial charge in [-0.2, -0.15) is 0 Å². The van der Waals surface area contributed by atoms with E-state index in [0.717, 1.165) is 36.3 Å². The van der Waals surface area contributed by atoms with Crippen LogP contribution in [0.5, 0.6) is 0 Å². The van der Waals surface area contributed by atoms with Gasteiger partial charge in [0, 0.05) is 49.0 Å². The summed E-state index contributed by atoms with van der Waals surface area (Å²) in [5.41, 5.74) is 6.68. The molecule has 2 saturated heterocycles. The summed E-state index contributed by atoms with van der Waals surface area (Å²) >= 11 is 1.49. The minimum absolute atomic E-state index is 0.137. The van der Waals surface area contributed by atoms with Crippen LogP contribution in [-0.2, 0) is 9.59 Å². The third-order valence-corrected chi connectivity index (χ3v) is 7.08. The summed E-state index contributed by atoms with van der Waals surface area (Å²) in [6.07, 6.45) is 3.10. The molecule has 2 aliphatic heterocycles. The summed E-state index contributed by atoms with van der Waals surface area (Å²) in [6.45, 7) is 2.25. The molecule has 2 fully saturated rings. The van der Waals surface area contributed by atoms with Gasteiger partial charge in [0.05, 0.1) is 10.9 Å². The molecule has 0 bridgehead atoms. The highest BCUT2D eigenvalue weighted by molar-refractivity contribution is 7.09. The summed E-state index contributed by atoms with van der Waals surface area (Å²) in [5, 5.41) is 2.73. The van der Waals surface area contributed by atoms with Crippen LogP contribution in [0.25, 0.3) is 0 Å².